The molecule has 0 unspecified atom stereocenters. The molecule has 1 aromatic rings. The average Bonchev–Trinajstić information content (AvgIpc) is 3.21. The molecule has 1 fully saturated rings. The number of benzene rings is 1. The van der Waals surface area contributed by atoms with E-state index in [2.05, 4.69) is 6.92 Å². The zero-order chi connectivity index (χ0) is 16.2. The number of unbranched alkanes of at least 4 members (excludes halogenated alkanes) is 3. The number of hydrogen-bond acceptors (Lipinski definition) is 3. The first kappa shape index (κ1) is 16.8. The largest absolute Gasteiger partial charge is 0.429 e. The summed E-state index contributed by atoms with van der Waals surface area (Å²) in [7, 11) is 0. The van der Waals surface area contributed by atoms with Gasteiger partial charge in [0.15, 0.2) is 0 Å². The Morgan fingerprint density at radius 2 is 1.86 bits per heavy atom. The summed E-state index contributed by atoms with van der Waals surface area (Å²) >= 11 is 0. The van der Waals surface area contributed by atoms with Crippen molar-refractivity contribution in [3.8, 4) is 0 Å². The van der Waals surface area contributed by atoms with Crippen LogP contribution in [0.3, 0.4) is 0 Å². The van der Waals surface area contributed by atoms with E-state index >= 15 is 0 Å². The third-order valence-electron chi connectivity index (χ3n) is 3.55. The van der Waals surface area contributed by atoms with E-state index < -0.39 is 24.0 Å². The summed E-state index contributed by atoms with van der Waals surface area (Å²) < 4.78 is 47.6. The second-order valence-corrected chi connectivity index (χ2v) is 5.37. The molecule has 0 radical (unpaired) electrons. The van der Waals surface area contributed by atoms with Crippen LogP contribution in [0.1, 0.15) is 54.9 Å². The molecule has 1 aromatic carbocycles. The van der Waals surface area contributed by atoms with Gasteiger partial charge in [-0.1, -0.05) is 32.6 Å². The average molecular weight is 316 g/mol. The van der Waals surface area contributed by atoms with Crippen molar-refractivity contribution in [3.05, 3.63) is 35.4 Å². The van der Waals surface area contributed by atoms with Gasteiger partial charge in [-0.05, 0) is 30.7 Å². The Balaban J connectivity index is 1.77. The minimum Gasteiger partial charge on any atom is -0.429 e. The van der Waals surface area contributed by atoms with E-state index in [-0.39, 0.29) is 11.7 Å². The molecule has 0 aromatic heterocycles. The number of carbonyl (C=O) groups is 1. The maximum Gasteiger partial charge on any atom is 0.416 e. The van der Waals surface area contributed by atoms with Crippen molar-refractivity contribution < 1.29 is 27.4 Å². The van der Waals surface area contributed by atoms with Crippen molar-refractivity contribution >= 4 is 5.97 Å². The maximum absolute atomic E-state index is 12.4. The number of alkyl halides is 3. The van der Waals surface area contributed by atoms with E-state index in [1.807, 2.05) is 0 Å². The molecule has 0 aliphatic carbocycles. The van der Waals surface area contributed by atoms with E-state index in [4.69, 9.17) is 9.47 Å². The quantitative estimate of drug-likeness (QED) is 0.420. The highest BCUT2D eigenvalue weighted by Gasteiger charge is 2.42. The van der Waals surface area contributed by atoms with Gasteiger partial charge in [-0.25, -0.2) is 4.79 Å². The van der Waals surface area contributed by atoms with E-state index in [9.17, 15) is 18.0 Å². The second-order valence-electron chi connectivity index (χ2n) is 5.37. The summed E-state index contributed by atoms with van der Waals surface area (Å²) in [5.41, 5.74) is -0.700. The smallest absolute Gasteiger partial charge is 0.416 e. The van der Waals surface area contributed by atoms with Crippen LogP contribution in [0.15, 0.2) is 24.3 Å². The molecule has 1 saturated heterocycles. The summed E-state index contributed by atoms with van der Waals surface area (Å²) in [6.07, 6.45) is 0.256. The van der Waals surface area contributed by atoms with Crippen LogP contribution >= 0.6 is 0 Å². The fraction of sp³-hybridized carbons (Fsp3) is 0.562. The summed E-state index contributed by atoms with van der Waals surface area (Å²) in [5.74, 6) is -0.658. The van der Waals surface area contributed by atoms with Gasteiger partial charge in [-0.3, -0.25) is 0 Å². The number of epoxide rings is 1. The second kappa shape index (κ2) is 7.13. The highest BCUT2D eigenvalue weighted by Crippen LogP contribution is 2.31. The number of ether oxygens (including phenoxy) is 2. The zero-order valence-corrected chi connectivity index (χ0v) is 12.4. The summed E-state index contributed by atoms with van der Waals surface area (Å²) in [6, 6.07) is 3.97. The molecule has 2 atom stereocenters. The Morgan fingerprint density at radius 1 is 1.18 bits per heavy atom. The molecule has 0 saturated carbocycles. The van der Waals surface area contributed by atoms with E-state index in [0.29, 0.717) is 0 Å². The fourth-order valence-corrected chi connectivity index (χ4v) is 2.18. The molecule has 0 N–H and O–H groups in total. The van der Waals surface area contributed by atoms with E-state index in [1.165, 1.54) is 6.42 Å². The van der Waals surface area contributed by atoms with Gasteiger partial charge < -0.3 is 9.47 Å². The van der Waals surface area contributed by atoms with Crippen LogP contribution in [0.4, 0.5) is 13.2 Å². The molecule has 6 heteroatoms. The lowest BCUT2D eigenvalue weighted by atomic mass is 10.1. The van der Waals surface area contributed by atoms with Crippen LogP contribution in [0, 0.1) is 0 Å². The number of rotatable bonds is 7. The third-order valence-corrected chi connectivity index (χ3v) is 3.55. The van der Waals surface area contributed by atoms with Crippen molar-refractivity contribution in [1.82, 2.24) is 0 Å². The van der Waals surface area contributed by atoms with Crippen molar-refractivity contribution in [1.29, 1.82) is 0 Å². The lowest BCUT2D eigenvalue weighted by Crippen LogP contribution is -2.11. The number of carbonyl (C=O) groups excluding carboxylic acids is 1. The van der Waals surface area contributed by atoms with Crippen LogP contribution in [0.2, 0.25) is 0 Å². The molecule has 122 valence electrons. The first-order chi connectivity index (χ1) is 10.4. The van der Waals surface area contributed by atoms with Gasteiger partial charge in [0.25, 0.3) is 0 Å². The molecule has 0 amide bonds. The summed E-state index contributed by atoms with van der Waals surface area (Å²) in [4.78, 5) is 11.8. The summed E-state index contributed by atoms with van der Waals surface area (Å²) in [5, 5.41) is 0. The molecule has 0 bridgehead atoms. The van der Waals surface area contributed by atoms with Gasteiger partial charge in [0.1, 0.15) is 6.10 Å². The fourth-order valence-electron chi connectivity index (χ4n) is 2.18. The van der Waals surface area contributed by atoms with Crippen molar-refractivity contribution in [2.45, 2.75) is 57.6 Å². The lowest BCUT2D eigenvalue weighted by Gasteiger charge is -2.07. The first-order valence-electron chi connectivity index (χ1n) is 7.45. The van der Waals surface area contributed by atoms with Gasteiger partial charge in [0, 0.05) is 0 Å². The minimum absolute atomic E-state index is 0.0738. The molecule has 1 heterocycles. The Bertz CT molecular complexity index is 496. The molecular formula is C16H19F3O3. The SMILES string of the molecule is CCCCCC[C@H]1O[C@H]1OC(=O)c1ccc(C(F)(F)F)cc1. The van der Waals surface area contributed by atoms with Gasteiger partial charge in [-0.15, -0.1) is 0 Å². The Labute approximate surface area is 127 Å². The van der Waals surface area contributed by atoms with Crippen LogP contribution in [-0.4, -0.2) is 18.4 Å². The molecule has 1 aliphatic heterocycles. The predicted octanol–water partition coefficient (Wildman–Crippen LogP) is 4.56. The maximum atomic E-state index is 12.4. The highest BCUT2D eigenvalue weighted by atomic mass is 19.4. The third kappa shape index (κ3) is 4.73. The normalized spacial score (nSPS) is 20.7. The minimum atomic E-state index is -4.41. The first-order valence-corrected chi connectivity index (χ1v) is 7.45. The van der Waals surface area contributed by atoms with Crippen molar-refractivity contribution in [3.63, 3.8) is 0 Å². The van der Waals surface area contributed by atoms with Crippen LogP contribution < -0.4 is 0 Å². The number of esters is 1. The molecular weight excluding hydrogens is 297 g/mol. The standard InChI is InChI=1S/C16H19F3O3/c1-2-3-4-5-6-13-15(21-13)22-14(20)11-7-9-12(10-8-11)16(17,18)19/h7-10,13,15H,2-6H2,1H3/t13-,15+/m1/s1. The van der Waals surface area contributed by atoms with Gasteiger partial charge in [0.2, 0.25) is 6.29 Å². The molecule has 22 heavy (non-hydrogen) atoms. The number of hydrogen-bond donors (Lipinski definition) is 0. The lowest BCUT2D eigenvalue weighted by molar-refractivity contribution is -0.137. The molecule has 0 spiro atoms. The van der Waals surface area contributed by atoms with Crippen LogP contribution in [0.5, 0.6) is 0 Å². The Kier molecular flexibility index (Phi) is 5.45. The van der Waals surface area contributed by atoms with Gasteiger partial charge >= 0.3 is 12.1 Å². The van der Waals surface area contributed by atoms with Gasteiger partial charge in [-0.2, -0.15) is 13.2 Å². The van der Waals surface area contributed by atoms with Crippen LogP contribution in [0.25, 0.3) is 0 Å². The summed E-state index contributed by atoms with van der Waals surface area (Å²) in [6.45, 7) is 2.13. The topological polar surface area (TPSA) is 38.8 Å². The predicted molar refractivity (Wildman–Crippen MR) is 74.3 cm³/mol. The van der Waals surface area contributed by atoms with Crippen molar-refractivity contribution in [2.75, 3.05) is 0 Å². The Hall–Kier alpha value is -1.56. The monoisotopic (exact) mass is 316 g/mol. The van der Waals surface area contributed by atoms with Gasteiger partial charge in [0.05, 0.1) is 11.1 Å². The zero-order valence-electron chi connectivity index (χ0n) is 12.4. The molecule has 3 nitrogen and oxygen atoms in total. The van der Waals surface area contributed by atoms with Crippen LogP contribution in [-0.2, 0) is 15.7 Å². The van der Waals surface area contributed by atoms with E-state index in [0.717, 1.165) is 49.9 Å². The molecule has 1 aliphatic rings. The number of halogens is 3. The molecule has 2 rings (SSSR count). The highest BCUT2D eigenvalue weighted by molar-refractivity contribution is 5.89. The Morgan fingerprint density at radius 3 is 2.45 bits per heavy atom. The van der Waals surface area contributed by atoms with Crippen molar-refractivity contribution in [2.24, 2.45) is 0 Å². The van der Waals surface area contributed by atoms with E-state index in [1.54, 1.807) is 0 Å².